The number of halogens is 3. The molecule has 0 unspecified atom stereocenters. The van der Waals surface area contributed by atoms with E-state index in [1.54, 1.807) is 23.4 Å². The molecule has 2 aromatic heterocycles. The van der Waals surface area contributed by atoms with Crippen LogP contribution in [0.15, 0.2) is 72.9 Å². The lowest BCUT2D eigenvalue weighted by Gasteiger charge is -2.36. The lowest BCUT2D eigenvalue weighted by atomic mass is 10.0. The third-order valence-corrected chi connectivity index (χ3v) is 8.10. The predicted octanol–water partition coefficient (Wildman–Crippen LogP) is 6.80. The van der Waals surface area contributed by atoms with Crippen molar-refractivity contribution in [3.63, 3.8) is 0 Å². The maximum absolute atomic E-state index is 15.3. The SMILES string of the molecule is C=C/C=C(\C(C)=C(/C)NC(=C)c1[nH]nc2c(F)cc(-c3cncc(CN4CCC(F)(F)C4)c3)cc12)N1CCN(C)CC1.CC. The van der Waals surface area contributed by atoms with Crippen LogP contribution in [-0.2, 0) is 6.54 Å². The second-order valence-electron chi connectivity index (χ2n) is 11.3. The summed E-state index contributed by atoms with van der Waals surface area (Å²) in [5, 5.41) is 11.2. The number of benzene rings is 1. The molecule has 3 aromatic rings. The van der Waals surface area contributed by atoms with Crippen molar-refractivity contribution >= 4 is 16.6 Å². The number of piperazine rings is 1. The van der Waals surface area contributed by atoms with Crippen LogP contribution in [0.5, 0.6) is 0 Å². The molecule has 10 heteroatoms. The highest BCUT2D eigenvalue weighted by Crippen LogP contribution is 2.32. The summed E-state index contributed by atoms with van der Waals surface area (Å²) in [4.78, 5) is 10.7. The van der Waals surface area contributed by atoms with E-state index in [-0.39, 0.29) is 18.5 Å². The van der Waals surface area contributed by atoms with Gasteiger partial charge in [0.1, 0.15) is 5.52 Å². The lowest BCUT2D eigenvalue weighted by molar-refractivity contribution is 0.0115. The standard InChI is InChI=1S/C32H38F3N7.C2H6/c1-6-7-29(42-12-10-40(5)11-13-42)21(2)22(3)37-23(4)30-27-15-25(16-28(33)31(27)39-38-30)26-14-24(17-36-18-26)19-41-9-8-32(34,35)20-41;1-2/h6-7,14-18,37H,1,4,8-13,19-20H2,2-3,5H3,(H,38,39);1-2H3/b22-21+,29-7+;. The topological polar surface area (TPSA) is 63.3 Å². The second kappa shape index (κ2) is 14.3. The van der Waals surface area contributed by atoms with Gasteiger partial charge in [-0.2, -0.15) is 5.10 Å². The monoisotopic (exact) mass is 607 g/mol. The molecule has 2 aliphatic heterocycles. The normalized spacial score (nSPS) is 18.1. The number of rotatable bonds is 9. The molecule has 2 fully saturated rings. The molecule has 1 aromatic carbocycles. The molecule has 7 nitrogen and oxygen atoms in total. The molecule has 0 aliphatic carbocycles. The largest absolute Gasteiger partial charge is 0.369 e. The van der Waals surface area contributed by atoms with Gasteiger partial charge < -0.3 is 15.1 Å². The third-order valence-electron chi connectivity index (χ3n) is 8.10. The van der Waals surface area contributed by atoms with E-state index < -0.39 is 11.7 Å². The predicted molar refractivity (Wildman–Crippen MR) is 173 cm³/mol. The van der Waals surface area contributed by atoms with Crippen molar-refractivity contribution in [1.82, 2.24) is 35.2 Å². The van der Waals surface area contributed by atoms with Crippen molar-refractivity contribution in [1.29, 1.82) is 0 Å². The van der Waals surface area contributed by atoms with Crippen LogP contribution in [-0.4, -0.2) is 82.1 Å². The molecule has 0 atom stereocenters. The number of likely N-dealkylation sites (N-methyl/N-ethyl adjacent to an activating group) is 1. The molecular weight excluding hydrogens is 563 g/mol. The van der Waals surface area contributed by atoms with Crippen LogP contribution in [0.4, 0.5) is 13.2 Å². The van der Waals surface area contributed by atoms with E-state index in [2.05, 4.69) is 57.4 Å². The Labute approximate surface area is 258 Å². The highest BCUT2D eigenvalue weighted by atomic mass is 19.3. The quantitative estimate of drug-likeness (QED) is 0.261. The highest BCUT2D eigenvalue weighted by Gasteiger charge is 2.38. The van der Waals surface area contributed by atoms with Gasteiger partial charge in [0.15, 0.2) is 5.82 Å². The number of aromatic amines is 1. The fraction of sp³-hybridized carbons (Fsp3) is 0.412. The molecule has 2 saturated heterocycles. The number of nitrogens with zero attached hydrogens (tertiary/aromatic N) is 5. The Morgan fingerprint density at radius 1 is 1.07 bits per heavy atom. The first-order chi connectivity index (χ1) is 21.0. The Hall–Kier alpha value is -3.89. The van der Waals surface area contributed by atoms with E-state index in [0.29, 0.717) is 41.0 Å². The molecule has 44 heavy (non-hydrogen) atoms. The summed E-state index contributed by atoms with van der Waals surface area (Å²) in [6, 6.07) is 5.15. The summed E-state index contributed by atoms with van der Waals surface area (Å²) in [6.07, 6.45) is 7.00. The van der Waals surface area contributed by atoms with Crippen molar-refractivity contribution in [3.8, 4) is 11.1 Å². The zero-order valence-electron chi connectivity index (χ0n) is 26.5. The Morgan fingerprint density at radius 3 is 2.45 bits per heavy atom. The summed E-state index contributed by atoms with van der Waals surface area (Å²) in [7, 11) is 2.13. The third kappa shape index (κ3) is 7.60. The van der Waals surface area contributed by atoms with Crippen LogP contribution in [0.2, 0.25) is 0 Å². The van der Waals surface area contributed by atoms with Crippen LogP contribution in [0, 0.1) is 5.82 Å². The second-order valence-corrected chi connectivity index (χ2v) is 11.3. The average molecular weight is 608 g/mol. The number of fused-ring (bicyclic) bond motifs is 1. The van der Waals surface area contributed by atoms with Gasteiger partial charge in [-0.3, -0.25) is 15.0 Å². The molecule has 0 spiro atoms. The molecule has 4 heterocycles. The van der Waals surface area contributed by atoms with Crippen molar-refractivity contribution in [2.24, 2.45) is 0 Å². The number of nitrogens with one attached hydrogen (secondary N) is 2. The van der Waals surface area contributed by atoms with Crippen LogP contribution in [0.3, 0.4) is 0 Å². The first kappa shape index (κ1) is 33.0. The van der Waals surface area contributed by atoms with Gasteiger partial charge in [-0.25, -0.2) is 13.2 Å². The number of pyridine rings is 1. The molecule has 236 valence electrons. The minimum Gasteiger partial charge on any atom is -0.369 e. The molecule has 0 bridgehead atoms. The number of likely N-dealkylation sites (tertiary alicyclic amines) is 1. The van der Waals surface area contributed by atoms with Crippen molar-refractivity contribution in [2.45, 2.75) is 46.6 Å². The van der Waals surface area contributed by atoms with Crippen molar-refractivity contribution < 1.29 is 13.2 Å². The van der Waals surface area contributed by atoms with Gasteiger partial charge in [-0.15, -0.1) is 0 Å². The minimum atomic E-state index is -2.66. The van der Waals surface area contributed by atoms with Crippen LogP contribution in [0.1, 0.15) is 45.4 Å². The maximum Gasteiger partial charge on any atom is 0.261 e. The van der Waals surface area contributed by atoms with Gasteiger partial charge in [-0.1, -0.05) is 33.1 Å². The van der Waals surface area contributed by atoms with Crippen LogP contribution < -0.4 is 5.32 Å². The van der Waals surface area contributed by atoms with Gasteiger partial charge in [0.2, 0.25) is 0 Å². The highest BCUT2D eigenvalue weighted by molar-refractivity contribution is 5.93. The lowest BCUT2D eigenvalue weighted by Crippen LogP contribution is -2.44. The zero-order chi connectivity index (χ0) is 32.0. The minimum absolute atomic E-state index is 0.140. The molecule has 5 rings (SSSR count). The van der Waals surface area contributed by atoms with E-state index in [1.807, 2.05) is 39.0 Å². The molecule has 2 aliphatic rings. The fourth-order valence-electron chi connectivity index (χ4n) is 5.61. The van der Waals surface area contributed by atoms with Crippen molar-refractivity contribution in [3.05, 3.63) is 89.9 Å². The van der Waals surface area contributed by atoms with Crippen LogP contribution >= 0.6 is 0 Å². The number of alkyl halides is 2. The van der Waals surface area contributed by atoms with Gasteiger partial charge in [0.25, 0.3) is 5.92 Å². The molecule has 0 saturated carbocycles. The number of aromatic nitrogens is 3. The first-order valence-corrected chi connectivity index (χ1v) is 15.2. The van der Waals surface area contributed by atoms with Crippen molar-refractivity contribution in [2.75, 3.05) is 46.3 Å². The Bertz CT molecular complexity index is 1550. The summed E-state index contributed by atoms with van der Waals surface area (Å²) >= 11 is 0. The van der Waals surface area contributed by atoms with E-state index >= 15 is 4.39 Å². The number of H-pyrrole nitrogens is 1. The molecule has 0 radical (unpaired) electrons. The number of hydrogen-bond donors (Lipinski definition) is 2. The summed E-state index contributed by atoms with van der Waals surface area (Å²) in [5.41, 5.74) is 6.54. The smallest absolute Gasteiger partial charge is 0.261 e. The summed E-state index contributed by atoms with van der Waals surface area (Å²) < 4.78 is 42.6. The molecular formula is C34H44F3N7. The Morgan fingerprint density at radius 2 is 1.80 bits per heavy atom. The van der Waals surface area contributed by atoms with E-state index in [9.17, 15) is 8.78 Å². The molecule has 2 N–H and O–H groups in total. The number of allylic oxidation sites excluding steroid dienone is 4. The van der Waals surface area contributed by atoms with Gasteiger partial charge in [0.05, 0.1) is 17.9 Å². The fourth-order valence-corrected chi connectivity index (χ4v) is 5.61. The van der Waals surface area contributed by atoms with Gasteiger partial charge >= 0.3 is 0 Å². The molecule has 0 amide bonds. The van der Waals surface area contributed by atoms with E-state index in [1.165, 1.54) is 6.07 Å². The Kier molecular flexibility index (Phi) is 10.7. The summed E-state index contributed by atoms with van der Waals surface area (Å²) in [5.74, 6) is -3.13. The van der Waals surface area contributed by atoms with Crippen LogP contribution in [0.25, 0.3) is 27.7 Å². The van der Waals surface area contributed by atoms with E-state index in [4.69, 9.17) is 0 Å². The average Bonchev–Trinajstić information content (AvgIpc) is 3.60. The van der Waals surface area contributed by atoms with Gasteiger partial charge in [0, 0.05) is 80.4 Å². The first-order valence-electron chi connectivity index (χ1n) is 15.2. The van der Waals surface area contributed by atoms with Gasteiger partial charge in [-0.05, 0) is 61.9 Å². The number of hydrogen-bond acceptors (Lipinski definition) is 6. The van der Waals surface area contributed by atoms with E-state index in [0.717, 1.165) is 48.7 Å². The Balaban J connectivity index is 0.00000216. The summed E-state index contributed by atoms with van der Waals surface area (Å²) in [6.45, 7) is 20.5. The maximum atomic E-state index is 15.3. The zero-order valence-corrected chi connectivity index (χ0v) is 26.5.